The Morgan fingerprint density at radius 1 is 1.06 bits per heavy atom. The monoisotopic (exact) mass is 508 g/mol. The number of nitrogens with one attached hydrogen (secondary N) is 1. The molecule has 34 heavy (non-hydrogen) atoms. The highest BCUT2D eigenvalue weighted by Crippen LogP contribution is 2.24. The van der Waals surface area contributed by atoms with Crippen LogP contribution in [-0.2, 0) is 16.1 Å². The average molecular weight is 509 g/mol. The first kappa shape index (κ1) is 27.8. The first-order valence-corrected chi connectivity index (χ1v) is 12.3. The molecule has 0 heterocycles. The van der Waals surface area contributed by atoms with Crippen LogP contribution < -0.4 is 14.8 Å². The second kappa shape index (κ2) is 14.1. The molecule has 2 rings (SSSR count). The van der Waals surface area contributed by atoms with Crippen molar-refractivity contribution in [2.45, 2.75) is 52.6 Å². The summed E-state index contributed by atoms with van der Waals surface area (Å²) in [4.78, 5) is 27.8. The number of halogens is 2. The van der Waals surface area contributed by atoms with Gasteiger partial charge in [0, 0.05) is 29.6 Å². The molecule has 0 aliphatic carbocycles. The molecule has 1 N–H and O–H groups in total. The van der Waals surface area contributed by atoms with E-state index >= 15 is 0 Å². The standard InChI is InChI=1S/C26H34Cl2N2O4/c1-5-24(26(32)29-16-18(2)3)30(17-19-8-9-20(27)15-23(19)28)25(31)7-6-14-34-22-12-10-21(33-4)11-13-22/h8-13,15,18,24H,5-7,14,16-17H2,1-4H3,(H,29,32)/t24-/m1/s1. The Balaban J connectivity index is 2.07. The van der Waals surface area contributed by atoms with Crippen molar-refractivity contribution in [3.63, 3.8) is 0 Å². The van der Waals surface area contributed by atoms with Crippen molar-refractivity contribution < 1.29 is 19.1 Å². The number of hydrogen-bond donors (Lipinski definition) is 1. The van der Waals surface area contributed by atoms with Crippen LogP contribution in [0.1, 0.15) is 45.6 Å². The molecule has 186 valence electrons. The van der Waals surface area contributed by atoms with Crippen molar-refractivity contribution in [2.75, 3.05) is 20.3 Å². The van der Waals surface area contributed by atoms with Gasteiger partial charge in [-0.05, 0) is 60.7 Å². The molecule has 2 aromatic rings. The number of rotatable bonds is 13. The van der Waals surface area contributed by atoms with E-state index in [1.807, 2.05) is 45.0 Å². The van der Waals surface area contributed by atoms with Gasteiger partial charge in [0.1, 0.15) is 17.5 Å². The van der Waals surface area contributed by atoms with Gasteiger partial charge in [-0.25, -0.2) is 0 Å². The first-order chi connectivity index (χ1) is 16.2. The van der Waals surface area contributed by atoms with Gasteiger partial charge in [-0.1, -0.05) is 50.0 Å². The maximum Gasteiger partial charge on any atom is 0.242 e. The predicted molar refractivity (Wildman–Crippen MR) is 137 cm³/mol. The highest BCUT2D eigenvalue weighted by Gasteiger charge is 2.28. The normalized spacial score (nSPS) is 11.7. The van der Waals surface area contributed by atoms with E-state index in [0.717, 1.165) is 11.3 Å². The fraction of sp³-hybridized carbons (Fsp3) is 0.462. The van der Waals surface area contributed by atoms with Crippen LogP contribution in [0.4, 0.5) is 0 Å². The van der Waals surface area contributed by atoms with Gasteiger partial charge >= 0.3 is 0 Å². The summed E-state index contributed by atoms with van der Waals surface area (Å²) in [6, 6.07) is 11.8. The van der Waals surface area contributed by atoms with Crippen LogP contribution in [0.3, 0.4) is 0 Å². The zero-order valence-corrected chi connectivity index (χ0v) is 21.8. The van der Waals surface area contributed by atoms with Gasteiger partial charge in [0.15, 0.2) is 0 Å². The third-order valence-corrected chi connectivity index (χ3v) is 5.88. The van der Waals surface area contributed by atoms with Gasteiger partial charge in [0.2, 0.25) is 11.8 Å². The molecule has 2 amide bonds. The molecule has 0 aromatic heterocycles. The lowest BCUT2D eigenvalue weighted by atomic mass is 10.1. The highest BCUT2D eigenvalue weighted by molar-refractivity contribution is 6.35. The number of carbonyl (C=O) groups is 2. The largest absolute Gasteiger partial charge is 0.497 e. The SMILES string of the molecule is CC[C@H](C(=O)NCC(C)C)N(Cc1ccc(Cl)cc1Cl)C(=O)CCCOc1ccc(OC)cc1. The van der Waals surface area contributed by atoms with E-state index < -0.39 is 6.04 Å². The van der Waals surface area contributed by atoms with Gasteiger partial charge in [-0.15, -0.1) is 0 Å². The molecule has 6 nitrogen and oxygen atoms in total. The Bertz CT molecular complexity index is 935. The summed E-state index contributed by atoms with van der Waals surface area (Å²) in [7, 11) is 1.61. The predicted octanol–water partition coefficient (Wildman–Crippen LogP) is 5.74. The Morgan fingerprint density at radius 2 is 1.74 bits per heavy atom. The van der Waals surface area contributed by atoms with E-state index in [4.69, 9.17) is 32.7 Å². The maximum atomic E-state index is 13.3. The Kier molecular flexibility index (Phi) is 11.5. The molecule has 1 atom stereocenters. The van der Waals surface area contributed by atoms with Crippen LogP contribution in [0.5, 0.6) is 11.5 Å². The minimum Gasteiger partial charge on any atom is -0.497 e. The summed E-state index contributed by atoms with van der Waals surface area (Å²) < 4.78 is 10.9. The van der Waals surface area contributed by atoms with Gasteiger partial charge in [0.25, 0.3) is 0 Å². The number of benzene rings is 2. The topological polar surface area (TPSA) is 67.9 Å². The molecule has 0 saturated heterocycles. The quantitative estimate of drug-likeness (QED) is 0.350. The van der Waals surface area contributed by atoms with Crippen LogP contribution in [-0.4, -0.2) is 43.0 Å². The van der Waals surface area contributed by atoms with Crippen molar-refractivity contribution in [1.82, 2.24) is 10.2 Å². The Morgan fingerprint density at radius 3 is 2.32 bits per heavy atom. The van der Waals surface area contributed by atoms with Crippen LogP contribution >= 0.6 is 23.2 Å². The molecule has 0 aliphatic heterocycles. The Hall–Kier alpha value is -2.44. The van der Waals surface area contributed by atoms with Gasteiger partial charge in [-0.2, -0.15) is 0 Å². The van der Waals surface area contributed by atoms with Crippen molar-refractivity contribution in [3.05, 3.63) is 58.1 Å². The molecule has 0 unspecified atom stereocenters. The minimum absolute atomic E-state index is 0.129. The smallest absolute Gasteiger partial charge is 0.242 e. The summed E-state index contributed by atoms with van der Waals surface area (Å²) in [6.07, 6.45) is 1.25. The molecule has 0 bridgehead atoms. The minimum atomic E-state index is -0.597. The molecule has 0 spiro atoms. The van der Waals surface area contributed by atoms with Gasteiger partial charge < -0.3 is 19.7 Å². The number of ether oxygens (including phenoxy) is 2. The van der Waals surface area contributed by atoms with Crippen molar-refractivity contribution in [3.8, 4) is 11.5 Å². The van der Waals surface area contributed by atoms with Crippen LogP contribution in [0, 0.1) is 5.92 Å². The fourth-order valence-electron chi connectivity index (χ4n) is 3.40. The molecular formula is C26H34Cl2N2O4. The van der Waals surface area contributed by atoms with E-state index in [1.54, 1.807) is 30.2 Å². The lowest BCUT2D eigenvalue weighted by molar-refractivity contribution is -0.141. The number of carbonyl (C=O) groups excluding carboxylic acids is 2. The Labute approximate surface area is 212 Å². The van der Waals surface area contributed by atoms with Crippen molar-refractivity contribution in [1.29, 1.82) is 0 Å². The van der Waals surface area contributed by atoms with Gasteiger partial charge in [-0.3, -0.25) is 9.59 Å². The zero-order chi connectivity index (χ0) is 25.1. The van der Waals surface area contributed by atoms with E-state index in [-0.39, 0.29) is 24.8 Å². The molecular weight excluding hydrogens is 475 g/mol. The third kappa shape index (κ3) is 8.73. The molecule has 0 radical (unpaired) electrons. The summed E-state index contributed by atoms with van der Waals surface area (Å²) in [5.41, 5.74) is 0.740. The second-order valence-electron chi connectivity index (χ2n) is 8.45. The molecule has 8 heteroatoms. The number of methoxy groups -OCH3 is 1. The van der Waals surface area contributed by atoms with E-state index in [9.17, 15) is 9.59 Å². The lowest BCUT2D eigenvalue weighted by Crippen LogP contribution is -2.49. The molecule has 0 saturated carbocycles. The molecule has 0 fully saturated rings. The second-order valence-corrected chi connectivity index (χ2v) is 9.29. The van der Waals surface area contributed by atoms with Crippen LogP contribution in [0.25, 0.3) is 0 Å². The lowest BCUT2D eigenvalue weighted by Gasteiger charge is -2.31. The van der Waals surface area contributed by atoms with Crippen molar-refractivity contribution >= 4 is 35.0 Å². The van der Waals surface area contributed by atoms with E-state index in [0.29, 0.717) is 47.7 Å². The number of amides is 2. The first-order valence-electron chi connectivity index (χ1n) is 11.5. The van der Waals surface area contributed by atoms with E-state index in [1.165, 1.54) is 0 Å². The summed E-state index contributed by atoms with van der Waals surface area (Å²) in [5.74, 6) is 1.48. The highest BCUT2D eigenvalue weighted by atomic mass is 35.5. The third-order valence-electron chi connectivity index (χ3n) is 5.29. The van der Waals surface area contributed by atoms with Crippen LogP contribution in [0.2, 0.25) is 10.0 Å². The average Bonchev–Trinajstić information content (AvgIpc) is 2.81. The number of hydrogen-bond acceptors (Lipinski definition) is 4. The summed E-state index contributed by atoms with van der Waals surface area (Å²) >= 11 is 12.4. The van der Waals surface area contributed by atoms with E-state index in [2.05, 4.69) is 5.32 Å². The molecule has 2 aromatic carbocycles. The fourth-order valence-corrected chi connectivity index (χ4v) is 3.87. The van der Waals surface area contributed by atoms with Crippen LogP contribution in [0.15, 0.2) is 42.5 Å². The zero-order valence-electron chi connectivity index (χ0n) is 20.3. The summed E-state index contributed by atoms with van der Waals surface area (Å²) in [5, 5.41) is 3.94. The molecule has 0 aliphatic rings. The maximum absolute atomic E-state index is 13.3. The number of nitrogens with zero attached hydrogens (tertiary/aromatic N) is 1. The summed E-state index contributed by atoms with van der Waals surface area (Å²) in [6.45, 7) is 7.11. The van der Waals surface area contributed by atoms with Crippen molar-refractivity contribution in [2.24, 2.45) is 5.92 Å². The van der Waals surface area contributed by atoms with Gasteiger partial charge in [0.05, 0.1) is 13.7 Å².